The molecule has 8 nitrogen and oxygen atoms in total. The zero-order valence-electron chi connectivity index (χ0n) is 15.5. The van der Waals surface area contributed by atoms with Crippen LogP contribution in [0.1, 0.15) is 24.6 Å². The van der Waals surface area contributed by atoms with Crippen molar-refractivity contribution in [3.63, 3.8) is 0 Å². The van der Waals surface area contributed by atoms with E-state index in [4.69, 9.17) is 11.6 Å². The van der Waals surface area contributed by atoms with Gasteiger partial charge in [0.15, 0.2) is 5.65 Å². The minimum Gasteiger partial charge on any atom is -0.341 e. The van der Waals surface area contributed by atoms with E-state index < -0.39 is 10.0 Å². The zero-order chi connectivity index (χ0) is 20.4. The predicted molar refractivity (Wildman–Crippen MR) is 108 cm³/mol. The van der Waals surface area contributed by atoms with Gasteiger partial charge in [0, 0.05) is 30.2 Å². The number of hydrogen-bond donors (Lipinski definition) is 1. The highest BCUT2D eigenvalue weighted by atomic mass is 35.5. The zero-order valence-corrected chi connectivity index (χ0v) is 17.1. The number of pyridine rings is 1. The number of likely N-dealkylation sites (tertiary alicyclic amines) is 1. The van der Waals surface area contributed by atoms with E-state index in [1.807, 2.05) is 28.8 Å². The van der Waals surface area contributed by atoms with Crippen LogP contribution in [0, 0.1) is 0 Å². The summed E-state index contributed by atoms with van der Waals surface area (Å²) in [4.78, 5) is 14.4. The van der Waals surface area contributed by atoms with E-state index in [0.29, 0.717) is 18.1 Å². The summed E-state index contributed by atoms with van der Waals surface area (Å²) in [6, 6.07) is 11.5. The van der Waals surface area contributed by atoms with Gasteiger partial charge in [-0.1, -0.05) is 17.7 Å². The molecule has 0 bridgehead atoms. The minimum atomic E-state index is -3.78. The summed E-state index contributed by atoms with van der Waals surface area (Å²) in [6.45, 7) is 0.782. The summed E-state index contributed by atoms with van der Waals surface area (Å²) in [5, 5.41) is 8.92. The number of piperidine rings is 1. The Morgan fingerprint density at radius 2 is 1.97 bits per heavy atom. The molecule has 3 heterocycles. The lowest BCUT2D eigenvalue weighted by Gasteiger charge is -2.32. The van der Waals surface area contributed by atoms with Crippen LogP contribution in [0.2, 0.25) is 5.02 Å². The monoisotopic (exact) mass is 433 g/mol. The van der Waals surface area contributed by atoms with Gasteiger partial charge in [0.2, 0.25) is 15.9 Å². The lowest BCUT2D eigenvalue weighted by Crippen LogP contribution is -2.44. The van der Waals surface area contributed by atoms with Crippen molar-refractivity contribution in [2.75, 3.05) is 19.6 Å². The van der Waals surface area contributed by atoms with Gasteiger partial charge in [0.25, 0.3) is 0 Å². The predicted octanol–water partition coefficient (Wildman–Crippen LogP) is 2.07. The molecule has 4 rings (SSSR count). The summed E-state index contributed by atoms with van der Waals surface area (Å²) in [5.74, 6) is 0.610. The van der Waals surface area contributed by atoms with Gasteiger partial charge < -0.3 is 4.90 Å². The molecular formula is C19H20ClN5O3S. The highest BCUT2D eigenvalue weighted by Crippen LogP contribution is 2.26. The van der Waals surface area contributed by atoms with E-state index in [1.165, 1.54) is 24.3 Å². The molecule has 29 heavy (non-hydrogen) atoms. The molecule has 0 radical (unpaired) electrons. The second kappa shape index (κ2) is 8.10. The van der Waals surface area contributed by atoms with Crippen molar-refractivity contribution in [3.05, 3.63) is 59.5 Å². The van der Waals surface area contributed by atoms with Gasteiger partial charge in [-0.05, 0) is 49.2 Å². The third kappa shape index (κ3) is 4.26. The molecule has 1 unspecified atom stereocenters. The average molecular weight is 434 g/mol. The van der Waals surface area contributed by atoms with Gasteiger partial charge in [-0.25, -0.2) is 13.1 Å². The molecule has 1 saturated heterocycles. The molecule has 0 aliphatic carbocycles. The smallest absolute Gasteiger partial charge is 0.241 e. The number of benzene rings is 1. The number of aromatic nitrogens is 3. The van der Waals surface area contributed by atoms with Crippen LogP contribution in [0.5, 0.6) is 0 Å². The number of hydrogen-bond acceptors (Lipinski definition) is 5. The maximum Gasteiger partial charge on any atom is 0.241 e. The van der Waals surface area contributed by atoms with Gasteiger partial charge in [-0.3, -0.25) is 9.20 Å². The van der Waals surface area contributed by atoms with Gasteiger partial charge in [0.1, 0.15) is 5.82 Å². The molecule has 1 aromatic carbocycles. The standard InChI is InChI=1S/C19H20ClN5O3S/c20-15-6-8-16(9-7-15)29(27,28)21-12-18(26)24-10-3-4-14(13-24)19-23-22-17-5-1-2-11-25(17)19/h1-2,5-9,11,14,21H,3-4,10,12-13H2. The van der Waals surface area contributed by atoms with E-state index in [0.717, 1.165) is 24.3 Å². The second-order valence-corrected chi connectivity index (χ2v) is 9.15. The van der Waals surface area contributed by atoms with E-state index in [-0.39, 0.29) is 23.3 Å². The molecule has 1 fully saturated rings. The quantitative estimate of drug-likeness (QED) is 0.664. The van der Waals surface area contributed by atoms with Crippen molar-refractivity contribution in [2.45, 2.75) is 23.7 Å². The average Bonchev–Trinajstić information content (AvgIpc) is 3.17. The second-order valence-electron chi connectivity index (χ2n) is 6.94. The molecule has 1 amide bonds. The Labute approximate surface area is 173 Å². The highest BCUT2D eigenvalue weighted by Gasteiger charge is 2.28. The number of halogens is 1. The first kappa shape index (κ1) is 19.8. The number of carbonyl (C=O) groups is 1. The topological polar surface area (TPSA) is 96.7 Å². The number of sulfonamides is 1. The lowest BCUT2D eigenvalue weighted by atomic mass is 9.97. The van der Waals surface area contributed by atoms with Gasteiger partial charge in [-0.15, -0.1) is 10.2 Å². The van der Waals surface area contributed by atoms with Crippen LogP contribution in [0.15, 0.2) is 53.6 Å². The fraction of sp³-hybridized carbons (Fsp3) is 0.316. The Morgan fingerprint density at radius 1 is 1.17 bits per heavy atom. The Kier molecular flexibility index (Phi) is 5.53. The van der Waals surface area contributed by atoms with Crippen LogP contribution in [0.3, 0.4) is 0 Å². The Bertz CT molecular complexity index is 1130. The number of amides is 1. The maximum atomic E-state index is 12.6. The van der Waals surface area contributed by atoms with E-state index >= 15 is 0 Å². The van der Waals surface area contributed by atoms with Crippen LogP contribution in [-0.4, -0.2) is 53.5 Å². The normalized spacial score (nSPS) is 17.6. The highest BCUT2D eigenvalue weighted by molar-refractivity contribution is 7.89. The molecule has 152 valence electrons. The van der Waals surface area contributed by atoms with Crippen LogP contribution in [0.25, 0.3) is 5.65 Å². The van der Waals surface area contributed by atoms with Crippen LogP contribution in [-0.2, 0) is 14.8 Å². The Hall–Kier alpha value is -2.49. The molecular weight excluding hydrogens is 414 g/mol. The molecule has 0 saturated carbocycles. The summed E-state index contributed by atoms with van der Waals surface area (Å²) in [5.41, 5.74) is 0.765. The first-order chi connectivity index (χ1) is 13.9. The molecule has 3 aromatic rings. The van der Waals surface area contributed by atoms with Crippen LogP contribution < -0.4 is 4.72 Å². The first-order valence-electron chi connectivity index (χ1n) is 9.27. The van der Waals surface area contributed by atoms with Crippen molar-refractivity contribution >= 4 is 33.2 Å². The summed E-state index contributed by atoms with van der Waals surface area (Å²) < 4.78 is 29.1. The largest absolute Gasteiger partial charge is 0.341 e. The molecule has 0 spiro atoms. The molecule has 1 N–H and O–H groups in total. The molecule has 1 aliphatic heterocycles. The maximum absolute atomic E-state index is 12.6. The Morgan fingerprint density at radius 3 is 2.76 bits per heavy atom. The summed E-state index contributed by atoms with van der Waals surface area (Å²) in [7, 11) is -3.78. The van der Waals surface area contributed by atoms with Gasteiger partial charge in [0.05, 0.1) is 11.4 Å². The van der Waals surface area contributed by atoms with Crippen LogP contribution in [0.4, 0.5) is 0 Å². The van der Waals surface area contributed by atoms with Crippen molar-refractivity contribution < 1.29 is 13.2 Å². The van der Waals surface area contributed by atoms with Crippen molar-refractivity contribution in [1.82, 2.24) is 24.2 Å². The fourth-order valence-corrected chi connectivity index (χ4v) is 4.62. The molecule has 10 heteroatoms. The number of nitrogens with zero attached hydrogens (tertiary/aromatic N) is 4. The fourth-order valence-electron chi connectivity index (χ4n) is 3.52. The first-order valence-corrected chi connectivity index (χ1v) is 11.1. The molecule has 2 aromatic heterocycles. The lowest BCUT2D eigenvalue weighted by molar-refractivity contribution is -0.131. The van der Waals surface area contributed by atoms with Crippen molar-refractivity contribution in [3.8, 4) is 0 Å². The molecule has 1 aliphatic rings. The van der Waals surface area contributed by atoms with E-state index in [9.17, 15) is 13.2 Å². The Balaban J connectivity index is 1.42. The number of carbonyl (C=O) groups excluding carboxylic acids is 1. The number of rotatable bonds is 5. The van der Waals surface area contributed by atoms with Crippen LogP contribution >= 0.6 is 11.6 Å². The summed E-state index contributed by atoms with van der Waals surface area (Å²) in [6.07, 6.45) is 3.63. The molecule has 1 atom stereocenters. The van der Waals surface area contributed by atoms with E-state index in [1.54, 1.807) is 4.90 Å². The summed E-state index contributed by atoms with van der Waals surface area (Å²) >= 11 is 5.80. The van der Waals surface area contributed by atoms with Gasteiger partial charge in [-0.2, -0.15) is 0 Å². The third-order valence-corrected chi connectivity index (χ3v) is 6.69. The van der Waals surface area contributed by atoms with Crippen molar-refractivity contribution in [2.24, 2.45) is 0 Å². The minimum absolute atomic E-state index is 0.0537. The van der Waals surface area contributed by atoms with E-state index in [2.05, 4.69) is 14.9 Å². The number of fused-ring (bicyclic) bond motifs is 1. The number of nitrogens with one attached hydrogen (secondary N) is 1. The van der Waals surface area contributed by atoms with Crippen molar-refractivity contribution in [1.29, 1.82) is 0 Å². The third-order valence-electron chi connectivity index (χ3n) is 5.02. The van der Waals surface area contributed by atoms with Gasteiger partial charge >= 0.3 is 0 Å². The SMILES string of the molecule is O=C(CNS(=O)(=O)c1ccc(Cl)cc1)N1CCCC(c2nnc3ccccn23)C1.